The van der Waals surface area contributed by atoms with Crippen LogP contribution in [0.4, 0.5) is 10.5 Å². The molecule has 0 aromatic heterocycles. The van der Waals surface area contributed by atoms with Crippen molar-refractivity contribution in [3.8, 4) is 0 Å². The first-order chi connectivity index (χ1) is 18.0. The van der Waals surface area contributed by atoms with Crippen molar-refractivity contribution in [2.45, 2.75) is 25.7 Å². The lowest BCUT2D eigenvalue weighted by Crippen LogP contribution is -2.39. The molecule has 0 aliphatic heterocycles. The SMILES string of the molecule is C=C(CN(C)CCCNC)CN(CCC(c1ccccc1)c1ccccc1)C(=O)Nc1cccc(C)c1. The van der Waals surface area contributed by atoms with E-state index in [0.717, 1.165) is 49.3 Å². The van der Waals surface area contributed by atoms with E-state index in [4.69, 9.17) is 0 Å². The Morgan fingerprint density at radius 3 is 2.14 bits per heavy atom. The molecule has 5 heteroatoms. The van der Waals surface area contributed by atoms with E-state index in [2.05, 4.69) is 77.7 Å². The number of aryl methyl sites for hydroxylation is 1. The molecule has 0 fully saturated rings. The first-order valence-electron chi connectivity index (χ1n) is 13.2. The highest BCUT2D eigenvalue weighted by atomic mass is 16.2. The summed E-state index contributed by atoms with van der Waals surface area (Å²) in [5.41, 5.74) is 5.48. The van der Waals surface area contributed by atoms with E-state index in [9.17, 15) is 4.79 Å². The Labute approximate surface area is 223 Å². The molecule has 2 amide bonds. The molecule has 3 aromatic rings. The van der Waals surface area contributed by atoms with Crippen LogP contribution in [0, 0.1) is 6.92 Å². The number of nitrogens with zero attached hydrogens (tertiary/aromatic N) is 2. The molecule has 3 rings (SSSR count). The average molecular weight is 499 g/mol. The Morgan fingerprint density at radius 1 is 0.892 bits per heavy atom. The maximum Gasteiger partial charge on any atom is 0.322 e. The number of rotatable bonds is 14. The van der Waals surface area contributed by atoms with Gasteiger partial charge in [0.2, 0.25) is 0 Å². The second kappa shape index (κ2) is 15.0. The van der Waals surface area contributed by atoms with Crippen molar-refractivity contribution in [3.05, 3.63) is 114 Å². The van der Waals surface area contributed by atoms with Crippen LogP contribution in [0.2, 0.25) is 0 Å². The zero-order valence-corrected chi connectivity index (χ0v) is 22.6. The van der Waals surface area contributed by atoms with Crippen molar-refractivity contribution in [1.29, 1.82) is 0 Å². The number of hydrogen-bond donors (Lipinski definition) is 2. The first-order valence-corrected chi connectivity index (χ1v) is 13.2. The van der Waals surface area contributed by atoms with Crippen molar-refractivity contribution in [2.75, 3.05) is 52.1 Å². The smallest absolute Gasteiger partial charge is 0.320 e. The first kappa shape index (κ1) is 28.2. The van der Waals surface area contributed by atoms with Crippen LogP contribution in [-0.2, 0) is 0 Å². The van der Waals surface area contributed by atoms with Gasteiger partial charge in [-0.15, -0.1) is 0 Å². The molecule has 0 unspecified atom stereocenters. The van der Waals surface area contributed by atoms with Gasteiger partial charge in [0.1, 0.15) is 0 Å². The molecule has 0 radical (unpaired) electrons. The van der Waals surface area contributed by atoms with Crippen LogP contribution >= 0.6 is 0 Å². The number of benzene rings is 3. The number of carbonyl (C=O) groups is 1. The lowest BCUT2D eigenvalue weighted by molar-refractivity contribution is 0.213. The van der Waals surface area contributed by atoms with Crippen LogP contribution in [0.15, 0.2) is 97.1 Å². The van der Waals surface area contributed by atoms with E-state index in [1.807, 2.05) is 55.3 Å². The van der Waals surface area contributed by atoms with Crippen LogP contribution in [-0.4, -0.2) is 62.7 Å². The third-order valence-corrected chi connectivity index (χ3v) is 6.52. The Balaban J connectivity index is 1.74. The summed E-state index contributed by atoms with van der Waals surface area (Å²) in [5.74, 6) is 0.203. The fraction of sp³-hybridized carbons (Fsp3) is 0.344. The highest BCUT2D eigenvalue weighted by molar-refractivity contribution is 5.89. The topological polar surface area (TPSA) is 47.6 Å². The largest absolute Gasteiger partial charge is 0.322 e. The van der Waals surface area contributed by atoms with Gasteiger partial charge in [-0.2, -0.15) is 0 Å². The monoisotopic (exact) mass is 498 g/mol. The van der Waals surface area contributed by atoms with Gasteiger partial charge in [0, 0.05) is 31.2 Å². The van der Waals surface area contributed by atoms with Crippen molar-refractivity contribution in [3.63, 3.8) is 0 Å². The minimum Gasteiger partial charge on any atom is -0.320 e. The van der Waals surface area contributed by atoms with E-state index in [-0.39, 0.29) is 11.9 Å². The second-order valence-corrected chi connectivity index (χ2v) is 9.83. The molecule has 0 aliphatic carbocycles. The van der Waals surface area contributed by atoms with Gasteiger partial charge >= 0.3 is 6.03 Å². The fourth-order valence-corrected chi connectivity index (χ4v) is 4.67. The summed E-state index contributed by atoms with van der Waals surface area (Å²) >= 11 is 0. The Bertz CT molecular complexity index is 1060. The molecule has 0 saturated carbocycles. The van der Waals surface area contributed by atoms with Crippen LogP contribution in [0.1, 0.15) is 35.4 Å². The van der Waals surface area contributed by atoms with Crippen molar-refractivity contribution in [1.82, 2.24) is 15.1 Å². The standard InChI is InChI=1S/C32H42N4O/c1-26-13-11-18-30(23-26)34-32(37)36(25-27(2)24-35(4)21-12-20-33-3)22-19-31(28-14-7-5-8-15-28)29-16-9-6-10-17-29/h5-11,13-18,23,31,33H,2,12,19-22,24-25H2,1,3-4H3,(H,34,37). The molecular formula is C32H42N4O. The van der Waals surface area contributed by atoms with E-state index >= 15 is 0 Å². The zero-order valence-electron chi connectivity index (χ0n) is 22.6. The van der Waals surface area contributed by atoms with Gasteiger partial charge < -0.3 is 20.4 Å². The fourth-order valence-electron chi connectivity index (χ4n) is 4.67. The molecule has 5 nitrogen and oxygen atoms in total. The van der Waals surface area contributed by atoms with Gasteiger partial charge in [-0.3, -0.25) is 0 Å². The molecule has 0 bridgehead atoms. The van der Waals surface area contributed by atoms with E-state index in [0.29, 0.717) is 13.1 Å². The van der Waals surface area contributed by atoms with Crippen molar-refractivity contribution >= 4 is 11.7 Å². The molecule has 3 aromatic carbocycles. The van der Waals surface area contributed by atoms with Crippen molar-refractivity contribution in [2.24, 2.45) is 0 Å². The van der Waals surface area contributed by atoms with Crippen LogP contribution in [0.3, 0.4) is 0 Å². The highest BCUT2D eigenvalue weighted by Crippen LogP contribution is 2.28. The molecule has 0 heterocycles. The van der Waals surface area contributed by atoms with E-state index in [1.165, 1.54) is 11.1 Å². The van der Waals surface area contributed by atoms with Gasteiger partial charge in [-0.25, -0.2) is 4.79 Å². The summed E-state index contributed by atoms with van der Waals surface area (Å²) in [5, 5.41) is 6.31. The van der Waals surface area contributed by atoms with Gasteiger partial charge in [0.05, 0.1) is 0 Å². The zero-order chi connectivity index (χ0) is 26.5. The minimum absolute atomic E-state index is 0.0931. The third kappa shape index (κ3) is 9.52. The number of amides is 2. The molecule has 0 aliphatic rings. The van der Waals surface area contributed by atoms with Gasteiger partial charge in [0.25, 0.3) is 0 Å². The quantitative estimate of drug-likeness (QED) is 0.207. The number of nitrogens with one attached hydrogen (secondary N) is 2. The molecule has 196 valence electrons. The number of anilines is 1. The van der Waals surface area contributed by atoms with E-state index < -0.39 is 0 Å². The number of hydrogen-bond acceptors (Lipinski definition) is 3. The lowest BCUT2D eigenvalue weighted by Gasteiger charge is -2.28. The number of carbonyl (C=O) groups excluding carboxylic acids is 1. The molecule has 0 atom stereocenters. The summed E-state index contributed by atoms with van der Waals surface area (Å²) in [7, 11) is 4.08. The molecule has 0 saturated heterocycles. The summed E-state index contributed by atoms with van der Waals surface area (Å²) in [6.45, 7) is 10.2. The third-order valence-electron chi connectivity index (χ3n) is 6.52. The van der Waals surface area contributed by atoms with Gasteiger partial charge in [-0.05, 0) is 81.3 Å². The normalized spacial score (nSPS) is 11.1. The summed E-state index contributed by atoms with van der Waals surface area (Å²) in [6.07, 6.45) is 1.90. The molecule has 0 spiro atoms. The number of urea groups is 1. The Hall–Kier alpha value is -3.41. The predicted molar refractivity (Wildman–Crippen MR) is 156 cm³/mol. The minimum atomic E-state index is -0.0931. The van der Waals surface area contributed by atoms with Gasteiger partial charge in [0.15, 0.2) is 0 Å². The molecular weight excluding hydrogens is 456 g/mol. The van der Waals surface area contributed by atoms with Gasteiger partial charge in [-0.1, -0.05) is 79.4 Å². The predicted octanol–water partition coefficient (Wildman–Crippen LogP) is 6.15. The highest BCUT2D eigenvalue weighted by Gasteiger charge is 2.20. The van der Waals surface area contributed by atoms with Crippen LogP contribution in [0.25, 0.3) is 0 Å². The second-order valence-electron chi connectivity index (χ2n) is 9.83. The Kier molecular flexibility index (Phi) is 11.4. The average Bonchev–Trinajstić information content (AvgIpc) is 2.89. The number of likely N-dealkylation sites (N-methyl/N-ethyl adjacent to an activating group) is 1. The Morgan fingerprint density at radius 2 is 1.54 bits per heavy atom. The van der Waals surface area contributed by atoms with E-state index in [1.54, 1.807) is 0 Å². The summed E-state index contributed by atoms with van der Waals surface area (Å²) in [4.78, 5) is 17.7. The summed E-state index contributed by atoms with van der Waals surface area (Å²) < 4.78 is 0. The van der Waals surface area contributed by atoms with Crippen LogP contribution < -0.4 is 10.6 Å². The maximum atomic E-state index is 13.5. The summed E-state index contributed by atoms with van der Waals surface area (Å²) in [6, 6.07) is 29.0. The van der Waals surface area contributed by atoms with Crippen molar-refractivity contribution < 1.29 is 4.79 Å². The lowest BCUT2D eigenvalue weighted by atomic mass is 9.88. The maximum absolute atomic E-state index is 13.5. The molecule has 2 N–H and O–H groups in total. The molecule has 37 heavy (non-hydrogen) atoms. The van der Waals surface area contributed by atoms with Crippen LogP contribution in [0.5, 0.6) is 0 Å².